The highest BCUT2D eigenvalue weighted by molar-refractivity contribution is 9.09. The largest absolute Gasteiger partial charge is 0.493 e. The van der Waals surface area contributed by atoms with Crippen LogP contribution in [0, 0.1) is 18.3 Å². The first kappa shape index (κ1) is 30.9. The molecule has 2 fully saturated rings. The summed E-state index contributed by atoms with van der Waals surface area (Å²) in [4.78, 5) is 0. The second-order valence-corrected chi connectivity index (χ2v) is 9.87. The molecule has 204 valence electrons. The smallest absolute Gasteiger partial charge is 0.164 e. The molecule has 0 N–H and O–H groups in total. The molecule has 0 aromatic heterocycles. The number of nitrogens with zero attached hydrogens (tertiary/aromatic N) is 1. The molecular weight excluding hydrogens is 526 g/mol. The van der Waals surface area contributed by atoms with Gasteiger partial charge in [0.05, 0.1) is 32.0 Å². The third-order valence-corrected chi connectivity index (χ3v) is 6.60. The fourth-order valence-corrected chi connectivity index (χ4v) is 4.27. The Morgan fingerprint density at radius 2 is 1.50 bits per heavy atom. The zero-order chi connectivity index (χ0) is 25.8. The van der Waals surface area contributed by atoms with Crippen molar-refractivity contribution in [2.75, 3.05) is 45.5 Å². The van der Waals surface area contributed by atoms with Crippen LogP contribution in [0.3, 0.4) is 0 Å². The molecule has 2 saturated heterocycles. The highest BCUT2D eigenvalue weighted by Crippen LogP contribution is 2.32. The highest BCUT2D eigenvalue weighted by atomic mass is 79.9. The maximum atomic E-state index is 9.01. The molecule has 0 spiro atoms. The summed E-state index contributed by atoms with van der Waals surface area (Å²) in [5.41, 5.74) is 1.51. The fraction of sp³-hybridized carbons (Fsp3) is 0.750. The van der Waals surface area contributed by atoms with E-state index in [4.69, 9.17) is 33.7 Å². The lowest BCUT2D eigenvalue weighted by Crippen LogP contribution is -2.22. The van der Waals surface area contributed by atoms with Crippen molar-refractivity contribution in [2.24, 2.45) is 0 Å². The van der Waals surface area contributed by atoms with Crippen molar-refractivity contribution in [1.29, 1.82) is 5.26 Å². The summed E-state index contributed by atoms with van der Waals surface area (Å²) in [7, 11) is 1.60. The third kappa shape index (κ3) is 12.7. The number of ether oxygens (including phenoxy) is 6. The highest BCUT2D eigenvalue weighted by Gasteiger charge is 2.14. The number of rotatable bonds is 14. The van der Waals surface area contributed by atoms with Gasteiger partial charge in [0.2, 0.25) is 0 Å². The van der Waals surface area contributed by atoms with E-state index >= 15 is 0 Å². The molecular formula is C28H44BrNO6. The van der Waals surface area contributed by atoms with Gasteiger partial charge in [0.1, 0.15) is 0 Å². The number of hydrogen-bond donors (Lipinski definition) is 0. The zero-order valence-electron chi connectivity index (χ0n) is 22.1. The van der Waals surface area contributed by atoms with E-state index in [0.29, 0.717) is 17.9 Å². The van der Waals surface area contributed by atoms with Crippen molar-refractivity contribution in [1.82, 2.24) is 0 Å². The van der Waals surface area contributed by atoms with Crippen LogP contribution < -0.4 is 9.47 Å². The fourth-order valence-electron chi connectivity index (χ4n) is 4.04. The quantitative estimate of drug-likeness (QED) is 0.183. The Bertz CT molecular complexity index is 744. The monoisotopic (exact) mass is 569 g/mol. The summed E-state index contributed by atoms with van der Waals surface area (Å²) >= 11 is 3.35. The molecule has 2 heterocycles. The summed E-state index contributed by atoms with van der Waals surface area (Å²) in [6.07, 6.45) is 12.3. The first-order valence-electron chi connectivity index (χ1n) is 13.4. The van der Waals surface area contributed by atoms with Crippen LogP contribution in [-0.4, -0.2) is 58.1 Å². The van der Waals surface area contributed by atoms with Crippen molar-refractivity contribution in [3.05, 3.63) is 23.3 Å². The lowest BCUT2D eigenvalue weighted by molar-refractivity contribution is -0.162. The summed E-state index contributed by atoms with van der Waals surface area (Å²) in [5.74, 6) is 1.36. The number of halogens is 1. The molecule has 1 aromatic rings. The minimum atomic E-state index is 0.0175. The number of alkyl halides is 1. The van der Waals surface area contributed by atoms with E-state index in [2.05, 4.69) is 22.0 Å². The molecule has 2 aliphatic rings. The minimum Gasteiger partial charge on any atom is -0.493 e. The van der Waals surface area contributed by atoms with Crippen LogP contribution in [0.1, 0.15) is 81.8 Å². The zero-order valence-corrected chi connectivity index (χ0v) is 23.7. The molecule has 8 heteroatoms. The average molecular weight is 571 g/mol. The van der Waals surface area contributed by atoms with Crippen molar-refractivity contribution in [2.45, 2.75) is 90.1 Å². The van der Waals surface area contributed by atoms with Crippen molar-refractivity contribution < 1.29 is 28.4 Å². The number of benzene rings is 1. The van der Waals surface area contributed by atoms with Gasteiger partial charge >= 0.3 is 0 Å². The number of methoxy groups -OCH3 is 1. The molecule has 2 aliphatic heterocycles. The maximum Gasteiger partial charge on any atom is 0.164 e. The van der Waals surface area contributed by atoms with Crippen LogP contribution in [0.25, 0.3) is 0 Å². The molecule has 2 unspecified atom stereocenters. The van der Waals surface area contributed by atoms with Gasteiger partial charge in [-0.3, -0.25) is 0 Å². The molecule has 0 radical (unpaired) electrons. The lowest BCUT2D eigenvalue weighted by atomic mass is 10.1. The number of unbranched alkanes of at least 4 members (excludes halogenated alkanes) is 3. The van der Waals surface area contributed by atoms with Gasteiger partial charge in [-0.05, 0) is 82.8 Å². The Morgan fingerprint density at radius 3 is 2.03 bits per heavy atom. The first-order valence-corrected chi connectivity index (χ1v) is 14.5. The van der Waals surface area contributed by atoms with Gasteiger partial charge in [-0.15, -0.1) is 0 Å². The van der Waals surface area contributed by atoms with E-state index in [1.807, 2.05) is 13.0 Å². The Balaban J connectivity index is 0.000000346. The molecule has 3 rings (SSSR count). The molecule has 0 bridgehead atoms. The van der Waals surface area contributed by atoms with Crippen LogP contribution in [0.15, 0.2) is 12.1 Å². The Hall–Kier alpha value is -1.37. The first-order chi connectivity index (χ1) is 17.7. The molecule has 2 atom stereocenters. The van der Waals surface area contributed by atoms with Crippen molar-refractivity contribution in [3.63, 3.8) is 0 Å². The van der Waals surface area contributed by atoms with E-state index in [9.17, 15) is 0 Å². The van der Waals surface area contributed by atoms with Crippen LogP contribution in [0.5, 0.6) is 11.5 Å². The Kier molecular flexibility index (Phi) is 16.9. The second kappa shape index (κ2) is 19.7. The van der Waals surface area contributed by atoms with E-state index in [-0.39, 0.29) is 12.6 Å². The predicted octanol–water partition coefficient (Wildman–Crippen LogP) is 6.67. The standard InChI is InChI=1S/C20H29NO4.C8H15BrO2/c1-16-13-17(15-21)14-18(22-2)20(16)25-12-7-4-3-6-10-23-19-9-5-8-11-24-19;9-5-3-7-11-8-4-1-2-6-10-8/h13-14,19H,3-12H2,1-2H3;8H,1-7H2. The maximum absolute atomic E-state index is 9.01. The SMILES string of the molecule is BrCCCOC1CCCCO1.COc1cc(C#N)cc(C)c1OCCCCCCOC1CCCCO1. The minimum absolute atomic E-state index is 0.0175. The molecule has 7 nitrogen and oxygen atoms in total. The van der Waals surface area contributed by atoms with Gasteiger partial charge in [-0.1, -0.05) is 22.4 Å². The molecule has 0 amide bonds. The van der Waals surface area contributed by atoms with E-state index in [1.54, 1.807) is 13.2 Å². The van der Waals surface area contributed by atoms with Gasteiger partial charge in [-0.25, -0.2) is 0 Å². The lowest BCUT2D eigenvalue weighted by Gasteiger charge is -2.22. The Morgan fingerprint density at radius 1 is 0.889 bits per heavy atom. The van der Waals surface area contributed by atoms with Crippen LogP contribution in [-0.2, 0) is 18.9 Å². The van der Waals surface area contributed by atoms with Gasteiger partial charge < -0.3 is 28.4 Å². The topological polar surface area (TPSA) is 79.2 Å². The number of hydrogen-bond acceptors (Lipinski definition) is 7. The van der Waals surface area contributed by atoms with E-state index < -0.39 is 0 Å². The summed E-state index contributed by atoms with van der Waals surface area (Å²) in [6, 6.07) is 5.67. The Labute approximate surface area is 225 Å². The predicted molar refractivity (Wildman–Crippen MR) is 144 cm³/mol. The molecule has 0 aliphatic carbocycles. The van der Waals surface area contributed by atoms with Gasteiger partial charge in [0.15, 0.2) is 24.1 Å². The number of aryl methyl sites for hydroxylation is 1. The van der Waals surface area contributed by atoms with Crippen molar-refractivity contribution >= 4 is 15.9 Å². The van der Waals surface area contributed by atoms with E-state index in [0.717, 1.165) is 94.4 Å². The summed E-state index contributed by atoms with van der Waals surface area (Å²) in [6.45, 7) is 5.88. The van der Waals surface area contributed by atoms with E-state index in [1.165, 1.54) is 19.3 Å². The molecule has 1 aromatic carbocycles. The normalized spacial score (nSPS) is 19.6. The average Bonchev–Trinajstić information content (AvgIpc) is 2.92. The summed E-state index contributed by atoms with van der Waals surface area (Å²) < 4.78 is 33.3. The van der Waals surface area contributed by atoms with Crippen LogP contribution in [0.2, 0.25) is 0 Å². The van der Waals surface area contributed by atoms with Gasteiger partial charge in [-0.2, -0.15) is 5.26 Å². The number of nitriles is 1. The second-order valence-electron chi connectivity index (χ2n) is 9.08. The summed E-state index contributed by atoms with van der Waals surface area (Å²) in [5, 5.41) is 10.0. The van der Waals surface area contributed by atoms with Gasteiger partial charge in [0.25, 0.3) is 0 Å². The third-order valence-electron chi connectivity index (χ3n) is 6.04. The van der Waals surface area contributed by atoms with Crippen molar-refractivity contribution in [3.8, 4) is 17.6 Å². The molecule has 0 saturated carbocycles. The van der Waals surface area contributed by atoms with Crippen LogP contribution in [0.4, 0.5) is 0 Å². The van der Waals surface area contributed by atoms with Crippen LogP contribution >= 0.6 is 15.9 Å². The van der Waals surface area contributed by atoms with Gasteiger partial charge in [0, 0.05) is 31.2 Å². The molecule has 36 heavy (non-hydrogen) atoms.